The van der Waals surface area contributed by atoms with Gasteiger partial charge in [0, 0.05) is 11.5 Å². The lowest BCUT2D eigenvalue weighted by molar-refractivity contribution is 0.626. The minimum atomic E-state index is -0.478. The topological polar surface area (TPSA) is 0 Å². The molecule has 0 fully saturated rings. The maximum Gasteiger partial charge on any atom is 0.131 e. The molecule has 3 aromatic carbocycles. The molecule has 3 rings (SSSR count). The maximum absolute atomic E-state index is 13.7. The fourth-order valence-electron chi connectivity index (χ4n) is 1.90. The molecule has 0 saturated carbocycles. The fourth-order valence-corrected chi connectivity index (χ4v) is 1.90. The van der Waals surface area contributed by atoms with Crippen LogP contribution in [-0.2, 0) is 0 Å². The van der Waals surface area contributed by atoms with E-state index in [9.17, 15) is 8.78 Å². The second kappa shape index (κ2) is 3.27. The van der Waals surface area contributed by atoms with E-state index in [-0.39, 0.29) is 5.82 Å². The van der Waals surface area contributed by atoms with Crippen molar-refractivity contribution >= 4 is 21.5 Å². The summed E-state index contributed by atoms with van der Waals surface area (Å²) < 4.78 is 26.7. The fraction of sp³-hybridized carbons (Fsp3) is 0. The highest BCUT2D eigenvalue weighted by Crippen LogP contribution is 2.27. The van der Waals surface area contributed by atoms with E-state index in [1.807, 2.05) is 0 Å². The van der Waals surface area contributed by atoms with Gasteiger partial charge in [0.2, 0.25) is 0 Å². The van der Waals surface area contributed by atoms with Gasteiger partial charge in [-0.1, -0.05) is 18.2 Å². The highest BCUT2D eigenvalue weighted by molar-refractivity contribution is 6.07. The van der Waals surface area contributed by atoms with Gasteiger partial charge in [-0.3, -0.25) is 0 Å². The zero-order valence-electron chi connectivity index (χ0n) is 8.22. The predicted octanol–water partition coefficient (Wildman–Crippen LogP) is 3.87. The van der Waals surface area contributed by atoms with Crippen molar-refractivity contribution in [1.82, 2.24) is 0 Å². The van der Waals surface area contributed by atoms with Crippen molar-refractivity contribution in [2.24, 2.45) is 0 Å². The monoisotopic (exact) mass is 212 g/mol. The molecule has 0 saturated heterocycles. The van der Waals surface area contributed by atoms with Gasteiger partial charge in [-0.2, -0.15) is 0 Å². The Bertz CT molecular complexity index is 687. The number of fused-ring (bicyclic) bond motifs is 3. The third-order valence-corrected chi connectivity index (χ3v) is 2.62. The van der Waals surface area contributed by atoms with Gasteiger partial charge in [-0.05, 0) is 40.4 Å². The Hall–Kier alpha value is -1.96. The molecule has 0 unspecified atom stereocenters. The summed E-state index contributed by atoms with van der Waals surface area (Å²) in [4.78, 5) is 0. The van der Waals surface area contributed by atoms with E-state index in [0.29, 0.717) is 10.8 Å². The summed E-state index contributed by atoms with van der Waals surface area (Å²) in [6.45, 7) is 0. The SMILES string of the molecule is Fc1[c]c2cc(F)c3c[c]ccc3c2cc1. The van der Waals surface area contributed by atoms with Crippen LogP contribution in [0.3, 0.4) is 0 Å². The van der Waals surface area contributed by atoms with Gasteiger partial charge in [-0.15, -0.1) is 0 Å². The van der Waals surface area contributed by atoms with Crippen LogP contribution in [0, 0.1) is 23.8 Å². The third kappa shape index (κ3) is 1.27. The molecule has 0 aliphatic carbocycles. The first-order valence-corrected chi connectivity index (χ1v) is 4.85. The van der Waals surface area contributed by atoms with Crippen molar-refractivity contribution in [1.29, 1.82) is 0 Å². The van der Waals surface area contributed by atoms with Crippen LogP contribution in [0.2, 0.25) is 0 Å². The zero-order valence-corrected chi connectivity index (χ0v) is 8.22. The quantitative estimate of drug-likeness (QED) is 0.496. The van der Waals surface area contributed by atoms with E-state index in [1.165, 1.54) is 12.1 Å². The maximum atomic E-state index is 13.7. The number of hydrogen-bond acceptors (Lipinski definition) is 0. The Kier molecular flexibility index (Phi) is 1.90. The number of hydrogen-bond donors (Lipinski definition) is 0. The lowest BCUT2D eigenvalue weighted by Gasteiger charge is -2.04. The molecule has 0 amide bonds. The average Bonchev–Trinajstić information content (AvgIpc) is 2.29. The summed E-state index contributed by atoms with van der Waals surface area (Å²) in [6.07, 6.45) is 0. The smallest absolute Gasteiger partial charge is 0.131 e. The van der Waals surface area contributed by atoms with Crippen LogP contribution >= 0.6 is 0 Å². The molecule has 0 aliphatic heterocycles. The van der Waals surface area contributed by atoms with Crippen molar-refractivity contribution in [2.45, 2.75) is 0 Å². The molecule has 0 N–H and O–H groups in total. The van der Waals surface area contributed by atoms with Crippen LogP contribution in [0.15, 0.2) is 36.4 Å². The summed E-state index contributed by atoms with van der Waals surface area (Å²) in [5.74, 6) is -0.852. The van der Waals surface area contributed by atoms with Crippen molar-refractivity contribution in [3.63, 3.8) is 0 Å². The van der Waals surface area contributed by atoms with Crippen molar-refractivity contribution in [3.8, 4) is 0 Å². The molecule has 0 spiro atoms. The molecule has 2 radical (unpaired) electrons. The second-order valence-electron chi connectivity index (χ2n) is 3.60. The number of rotatable bonds is 0. The van der Waals surface area contributed by atoms with Crippen LogP contribution in [0.25, 0.3) is 21.5 Å². The molecule has 0 nitrogen and oxygen atoms in total. The van der Waals surface area contributed by atoms with Crippen molar-refractivity contribution in [2.75, 3.05) is 0 Å². The predicted molar refractivity (Wildman–Crippen MR) is 59.0 cm³/mol. The third-order valence-electron chi connectivity index (χ3n) is 2.62. The molecule has 3 aromatic rings. The molecule has 76 valence electrons. The van der Waals surface area contributed by atoms with E-state index in [1.54, 1.807) is 24.3 Å². The van der Waals surface area contributed by atoms with E-state index in [4.69, 9.17) is 0 Å². The van der Waals surface area contributed by atoms with Gasteiger partial charge >= 0.3 is 0 Å². The minimum absolute atomic E-state index is 0.374. The first kappa shape index (κ1) is 9.28. The molecule has 0 aromatic heterocycles. The van der Waals surface area contributed by atoms with Crippen LogP contribution in [0.1, 0.15) is 0 Å². The summed E-state index contributed by atoms with van der Waals surface area (Å²) in [5, 5.41) is 2.50. The van der Waals surface area contributed by atoms with E-state index in [2.05, 4.69) is 12.1 Å². The van der Waals surface area contributed by atoms with Gasteiger partial charge in [-0.25, -0.2) is 8.78 Å². The Morgan fingerprint density at radius 1 is 0.938 bits per heavy atom. The Morgan fingerprint density at radius 2 is 1.81 bits per heavy atom. The lowest BCUT2D eigenvalue weighted by Crippen LogP contribution is -1.84. The zero-order chi connectivity index (χ0) is 11.1. The summed E-state index contributed by atoms with van der Waals surface area (Å²) in [5.41, 5.74) is 0. The first-order chi connectivity index (χ1) is 7.75. The highest BCUT2D eigenvalue weighted by Gasteiger charge is 2.06. The lowest BCUT2D eigenvalue weighted by atomic mass is 10.0. The average molecular weight is 212 g/mol. The Morgan fingerprint density at radius 3 is 2.69 bits per heavy atom. The van der Waals surface area contributed by atoms with E-state index in [0.717, 1.165) is 10.8 Å². The molecular weight excluding hydrogens is 206 g/mol. The molecular formula is C14H6F2. The number of halogens is 2. The van der Waals surface area contributed by atoms with Gasteiger partial charge in [0.15, 0.2) is 0 Å². The van der Waals surface area contributed by atoms with Crippen molar-refractivity contribution in [3.05, 3.63) is 60.2 Å². The van der Waals surface area contributed by atoms with Gasteiger partial charge in [0.25, 0.3) is 0 Å². The van der Waals surface area contributed by atoms with Crippen LogP contribution in [0.5, 0.6) is 0 Å². The summed E-state index contributed by atoms with van der Waals surface area (Å²) >= 11 is 0. The van der Waals surface area contributed by atoms with Crippen LogP contribution in [-0.4, -0.2) is 0 Å². The van der Waals surface area contributed by atoms with Gasteiger partial charge in [0.1, 0.15) is 11.6 Å². The standard InChI is InChI=1S/C14H6F2/c15-10-5-6-11-9(7-10)8-14(16)13-4-2-1-3-12(11)13/h1,3-6,8H. The normalized spacial score (nSPS) is 11.1. The van der Waals surface area contributed by atoms with E-state index < -0.39 is 5.82 Å². The first-order valence-electron chi connectivity index (χ1n) is 4.85. The second-order valence-corrected chi connectivity index (χ2v) is 3.60. The Balaban J connectivity index is 2.59. The van der Waals surface area contributed by atoms with E-state index >= 15 is 0 Å². The molecule has 0 aliphatic rings. The summed E-state index contributed by atoms with van der Waals surface area (Å²) in [6, 6.07) is 14.7. The molecule has 2 heteroatoms. The molecule has 0 bridgehead atoms. The molecule has 16 heavy (non-hydrogen) atoms. The molecule has 0 atom stereocenters. The van der Waals surface area contributed by atoms with Crippen LogP contribution in [0.4, 0.5) is 8.78 Å². The summed E-state index contributed by atoms with van der Waals surface area (Å²) in [7, 11) is 0. The Labute approximate surface area is 91.1 Å². The van der Waals surface area contributed by atoms with Gasteiger partial charge < -0.3 is 0 Å². The minimum Gasteiger partial charge on any atom is -0.206 e. The van der Waals surface area contributed by atoms with Crippen LogP contribution < -0.4 is 0 Å². The largest absolute Gasteiger partial charge is 0.206 e. The van der Waals surface area contributed by atoms with Gasteiger partial charge in [0.05, 0.1) is 0 Å². The highest BCUT2D eigenvalue weighted by atomic mass is 19.1. The number of benzene rings is 3. The molecule has 0 heterocycles. The van der Waals surface area contributed by atoms with Crippen molar-refractivity contribution < 1.29 is 8.78 Å².